The first-order valence-corrected chi connectivity index (χ1v) is 8.43. The first kappa shape index (κ1) is 14.8. The zero-order chi connectivity index (χ0) is 13.1. The van der Waals surface area contributed by atoms with Gasteiger partial charge in [0, 0.05) is 23.3 Å². The Balaban J connectivity index is 2.77. The average molecular weight is 387 g/mol. The number of rotatable bonds is 5. The summed E-state index contributed by atoms with van der Waals surface area (Å²) in [6.07, 6.45) is 1.21. The van der Waals surface area contributed by atoms with Crippen molar-refractivity contribution in [1.29, 1.82) is 0 Å². The van der Waals surface area contributed by atoms with Crippen molar-refractivity contribution in [2.75, 3.05) is 31.0 Å². The second-order valence-electron chi connectivity index (χ2n) is 3.52. The van der Waals surface area contributed by atoms with Gasteiger partial charge in [0.15, 0.2) is 0 Å². The number of hydrogen-bond donors (Lipinski definition) is 1. The zero-order valence-corrected chi connectivity index (χ0v) is 13.4. The summed E-state index contributed by atoms with van der Waals surface area (Å²) in [5, 5.41) is 3.04. The molecule has 1 aromatic carbocycles. The quantitative estimate of drug-likeness (QED) is 0.845. The van der Waals surface area contributed by atoms with E-state index in [9.17, 15) is 8.42 Å². The Bertz CT molecular complexity index is 503. The second kappa shape index (κ2) is 6.06. The molecule has 96 valence electrons. The van der Waals surface area contributed by atoms with Crippen molar-refractivity contribution in [3.8, 4) is 5.75 Å². The van der Waals surface area contributed by atoms with Crippen molar-refractivity contribution in [1.82, 2.24) is 0 Å². The van der Waals surface area contributed by atoms with Gasteiger partial charge in [-0.15, -0.1) is 0 Å². The molecule has 4 nitrogen and oxygen atoms in total. The highest BCUT2D eigenvalue weighted by Gasteiger charge is 2.08. The van der Waals surface area contributed by atoms with Crippen molar-refractivity contribution in [3.05, 3.63) is 21.1 Å². The third kappa shape index (κ3) is 4.85. The molecule has 0 aliphatic carbocycles. The highest BCUT2D eigenvalue weighted by molar-refractivity contribution is 9.11. The summed E-state index contributed by atoms with van der Waals surface area (Å²) in [6, 6.07) is 3.65. The van der Waals surface area contributed by atoms with E-state index < -0.39 is 9.84 Å². The van der Waals surface area contributed by atoms with Gasteiger partial charge in [-0.2, -0.15) is 0 Å². The summed E-state index contributed by atoms with van der Waals surface area (Å²) in [5.74, 6) is 0.785. The van der Waals surface area contributed by atoms with Crippen LogP contribution in [0.4, 0.5) is 5.69 Å². The molecule has 1 N–H and O–H groups in total. The largest absolute Gasteiger partial charge is 0.495 e. The fraction of sp³-hybridized carbons (Fsp3) is 0.400. The van der Waals surface area contributed by atoms with Crippen molar-refractivity contribution < 1.29 is 13.2 Å². The van der Waals surface area contributed by atoms with E-state index in [1.807, 2.05) is 6.07 Å². The molecule has 7 heteroatoms. The Morgan fingerprint density at radius 1 is 1.29 bits per heavy atom. The summed E-state index contributed by atoms with van der Waals surface area (Å²) >= 11 is 6.76. The van der Waals surface area contributed by atoms with Crippen LogP contribution in [0.3, 0.4) is 0 Å². The van der Waals surface area contributed by atoms with Gasteiger partial charge in [-0.1, -0.05) is 0 Å². The summed E-state index contributed by atoms with van der Waals surface area (Å²) in [5.41, 5.74) is 0.800. The molecule has 0 spiro atoms. The van der Waals surface area contributed by atoms with Crippen LogP contribution in [0, 0.1) is 0 Å². The van der Waals surface area contributed by atoms with Gasteiger partial charge in [0.25, 0.3) is 0 Å². The van der Waals surface area contributed by atoms with Gasteiger partial charge in [-0.3, -0.25) is 0 Å². The van der Waals surface area contributed by atoms with Gasteiger partial charge < -0.3 is 10.1 Å². The maximum Gasteiger partial charge on any atom is 0.149 e. The smallest absolute Gasteiger partial charge is 0.149 e. The molecule has 0 radical (unpaired) electrons. The number of sulfone groups is 1. The predicted molar refractivity (Wildman–Crippen MR) is 76.6 cm³/mol. The molecular weight excluding hydrogens is 374 g/mol. The van der Waals surface area contributed by atoms with Gasteiger partial charge in [0.2, 0.25) is 0 Å². The molecule has 0 aliphatic rings. The minimum absolute atomic E-state index is 0.0951. The summed E-state index contributed by atoms with van der Waals surface area (Å²) in [7, 11) is -1.37. The molecule has 0 bridgehead atoms. The fourth-order valence-electron chi connectivity index (χ4n) is 1.19. The first-order valence-electron chi connectivity index (χ1n) is 4.78. The highest BCUT2D eigenvalue weighted by atomic mass is 79.9. The molecular formula is C10H13Br2NO3S. The SMILES string of the molecule is COc1cc(NCCS(C)(=O)=O)c(Br)cc1Br. The predicted octanol–water partition coefficient (Wildman–Crippen LogP) is 2.68. The van der Waals surface area contributed by atoms with E-state index in [1.54, 1.807) is 13.2 Å². The lowest BCUT2D eigenvalue weighted by Gasteiger charge is -2.11. The van der Waals surface area contributed by atoms with E-state index in [0.29, 0.717) is 12.3 Å². The van der Waals surface area contributed by atoms with Crippen molar-refractivity contribution in [2.45, 2.75) is 0 Å². The Kier molecular flexibility index (Phi) is 5.27. The lowest BCUT2D eigenvalue weighted by molar-refractivity contribution is 0.412. The standard InChI is InChI=1S/C10H13Br2NO3S/c1-16-10-6-9(7(11)5-8(10)12)13-3-4-17(2,14)15/h5-6,13H,3-4H2,1-2H3. The van der Waals surface area contributed by atoms with Crippen LogP contribution >= 0.6 is 31.9 Å². The monoisotopic (exact) mass is 385 g/mol. The van der Waals surface area contributed by atoms with Crippen LogP contribution in [-0.4, -0.2) is 34.1 Å². The summed E-state index contributed by atoms with van der Waals surface area (Å²) in [4.78, 5) is 0. The first-order chi connectivity index (χ1) is 7.83. The summed E-state index contributed by atoms with van der Waals surface area (Å²) in [6.45, 7) is 0.363. The Morgan fingerprint density at radius 3 is 2.47 bits per heavy atom. The third-order valence-corrected chi connectivity index (χ3v) is 4.25. The lowest BCUT2D eigenvalue weighted by atomic mass is 10.3. The van der Waals surface area contributed by atoms with Crippen LogP contribution in [0.5, 0.6) is 5.75 Å². The normalized spacial score (nSPS) is 11.3. The fourth-order valence-corrected chi connectivity index (χ4v) is 2.96. The minimum Gasteiger partial charge on any atom is -0.495 e. The molecule has 1 rings (SSSR count). The molecule has 0 fully saturated rings. The molecule has 1 aromatic rings. The molecule has 0 saturated heterocycles. The molecule has 0 aromatic heterocycles. The second-order valence-corrected chi connectivity index (χ2v) is 7.49. The van der Waals surface area contributed by atoms with Crippen molar-refractivity contribution in [3.63, 3.8) is 0 Å². The Labute approximate surface area is 118 Å². The number of nitrogens with one attached hydrogen (secondary N) is 1. The number of ether oxygens (including phenoxy) is 1. The molecule has 0 atom stereocenters. The Morgan fingerprint density at radius 2 is 1.94 bits per heavy atom. The maximum atomic E-state index is 11.0. The molecule has 0 heterocycles. The molecule has 17 heavy (non-hydrogen) atoms. The van der Waals surface area contributed by atoms with E-state index in [1.165, 1.54) is 6.26 Å². The Hall–Kier alpha value is -0.270. The van der Waals surface area contributed by atoms with Crippen LogP contribution in [0.2, 0.25) is 0 Å². The van der Waals surface area contributed by atoms with Gasteiger partial charge >= 0.3 is 0 Å². The summed E-state index contributed by atoms with van der Waals surface area (Å²) < 4.78 is 28.8. The van der Waals surface area contributed by atoms with Crippen LogP contribution in [0.25, 0.3) is 0 Å². The van der Waals surface area contributed by atoms with E-state index in [0.717, 1.165) is 14.6 Å². The topological polar surface area (TPSA) is 55.4 Å². The van der Waals surface area contributed by atoms with Gasteiger partial charge in [0.05, 0.1) is 23.0 Å². The van der Waals surface area contributed by atoms with Gasteiger partial charge in [-0.05, 0) is 37.9 Å². The maximum absolute atomic E-state index is 11.0. The van der Waals surface area contributed by atoms with E-state index in [4.69, 9.17) is 4.74 Å². The van der Waals surface area contributed by atoms with Gasteiger partial charge in [-0.25, -0.2) is 8.42 Å². The number of benzene rings is 1. The third-order valence-electron chi connectivity index (χ3n) is 2.03. The van der Waals surface area contributed by atoms with E-state index in [-0.39, 0.29) is 5.75 Å². The van der Waals surface area contributed by atoms with Crippen LogP contribution in [0.15, 0.2) is 21.1 Å². The molecule has 0 unspecified atom stereocenters. The van der Waals surface area contributed by atoms with Crippen LogP contribution in [0.1, 0.15) is 0 Å². The molecule has 0 aliphatic heterocycles. The number of methoxy groups -OCH3 is 1. The van der Waals surface area contributed by atoms with E-state index >= 15 is 0 Å². The number of halogens is 2. The zero-order valence-electron chi connectivity index (χ0n) is 9.46. The average Bonchev–Trinajstić information content (AvgIpc) is 2.19. The van der Waals surface area contributed by atoms with Crippen LogP contribution < -0.4 is 10.1 Å². The molecule has 0 amide bonds. The van der Waals surface area contributed by atoms with Crippen LogP contribution in [-0.2, 0) is 9.84 Å². The van der Waals surface area contributed by atoms with Crippen molar-refractivity contribution in [2.24, 2.45) is 0 Å². The highest BCUT2D eigenvalue weighted by Crippen LogP contribution is 2.34. The number of hydrogen-bond acceptors (Lipinski definition) is 4. The lowest BCUT2D eigenvalue weighted by Crippen LogP contribution is -2.14. The van der Waals surface area contributed by atoms with E-state index in [2.05, 4.69) is 37.2 Å². The minimum atomic E-state index is -2.95. The van der Waals surface area contributed by atoms with Crippen molar-refractivity contribution >= 4 is 47.4 Å². The number of anilines is 1. The molecule has 0 saturated carbocycles. The van der Waals surface area contributed by atoms with Gasteiger partial charge in [0.1, 0.15) is 15.6 Å².